The summed E-state index contributed by atoms with van der Waals surface area (Å²) in [6, 6.07) is 0. The molecule has 1 aliphatic heterocycles. The maximum absolute atomic E-state index is 15.2. The van der Waals surface area contributed by atoms with Crippen molar-refractivity contribution in [3.8, 4) is 0 Å². The number of ether oxygens (including phenoxy) is 6. The zero-order valence-corrected chi connectivity index (χ0v) is 36.2. The number of fused-ring (bicyclic) bond motifs is 7. The molecule has 0 aromatic heterocycles. The van der Waals surface area contributed by atoms with Crippen LogP contribution in [0.3, 0.4) is 0 Å². The first kappa shape index (κ1) is 44.2. The number of rotatable bonds is 7. The molecule has 5 aliphatic carbocycles. The van der Waals surface area contributed by atoms with Gasteiger partial charge in [-0.2, -0.15) is 0 Å². The van der Waals surface area contributed by atoms with E-state index in [2.05, 4.69) is 39.5 Å². The Balaban J connectivity index is 1.42. The van der Waals surface area contributed by atoms with Gasteiger partial charge in [-0.05, 0) is 79.1 Å². The summed E-state index contributed by atoms with van der Waals surface area (Å²) >= 11 is 0. The van der Waals surface area contributed by atoms with Gasteiger partial charge >= 0.3 is 29.8 Å². The highest BCUT2D eigenvalue weighted by Crippen LogP contribution is 2.74. The molecule has 12 atom stereocenters. The number of esters is 5. The number of hydrogen-bond acceptors (Lipinski definition) is 13. The highest BCUT2D eigenvalue weighted by atomic mass is 16.7. The Labute approximate surface area is 346 Å². The Morgan fingerprint density at radius 2 is 1.37 bits per heavy atom. The SMILES string of the molecule is [C-]#[N+]C1=C[C@]2(C)C3=CC(=O)C4C5CC(C)(C)CC[C@]5(C(=O)OC5O[C@H](COC(C)=O)[C@@H](OC(C)=O)[C@H](OC(C)=O)[C@H]5OC(C)=O)CC[C@@]4(C)[C@]3(C)CC[C@H]2C(C)(C)C1=O. The number of carbonyl (C=O) groups is 7. The lowest BCUT2D eigenvalue weighted by molar-refractivity contribution is -0.305. The minimum atomic E-state index is -1.69. The quantitative estimate of drug-likeness (QED) is 0.162. The van der Waals surface area contributed by atoms with Crippen molar-refractivity contribution in [1.29, 1.82) is 0 Å². The van der Waals surface area contributed by atoms with Crippen molar-refractivity contribution in [2.24, 2.45) is 50.2 Å². The molecule has 1 heterocycles. The van der Waals surface area contributed by atoms with Crippen molar-refractivity contribution < 1.29 is 62.0 Å². The van der Waals surface area contributed by atoms with Gasteiger partial charge in [0.2, 0.25) is 18.1 Å². The molecule has 0 spiro atoms. The van der Waals surface area contributed by atoms with Crippen LogP contribution < -0.4 is 0 Å². The summed E-state index contributed by atoms with van der Waals surface area (Å²) < 4.78 is 34.4. The third kappa shape index (κ3) is 7.12. The molecule has 14 nitrogen and oxygen atoms in total. The van der Waals surface area contributed by atoms with Crippen LogP contribution in [0.15, 0.2) is 23.4 Å². The average Bonchev–Trinajstić information content (AvgIpc) is 3.11. The minimum Gasteiger partial charge on any atom is -0.463 e. The first-order valence-corrected chi connectivity index (χ1v) is 20.7. The van der Waals surface area contributed by atoms with Gasteiger partial charge in [0.05, 0.1) is 12.0 Å². The van der Waals surface area contributed by atoms with E-state index in [9.17, 15) is 24.0 Å². The van der Waals surface area contributed by atoms with Gasteiger partial charge < -0.3 is 33.2 Å². The smallest absolute Gasteiger partial charge is 0.314 e. The Kier molecular flexibility index (Phi) is 11.2. The zero-order valence-electron chi connectivity index (χ0n) is 36.2. The maximum atomic E-state index is 15.2. The molecule has 4 fully saturated rings. The maximum Gasteiger partial charge on any atom is 0.314 e. The first-order chi connectivity index (χ1) is 27.3. The van der Waals surface area contributed by atoms with Crippen LogP contribution in [0.2, 0.25) is 0 Å². The lowest BCUT2D eigenvalue weighted by Crippen LogP contribution is -2.67. The second-order valence-electron chi connectivity index (χ2n) is 19.9. The normalized spacial score (nSPS) is 40.4. The highest BCUT2D eigenvalue weighted by Gasteiger charge is 2.71. The Morgan fingerprint density at radius 3 is 1.97 bits per heavy atom. The summed E-state index contributed by atoms with van der Waals surface area (Å²) in [6.45, 7) is 26.5. The summed E-state index contributed by atoms with van der Waals surface area (Å²) in [5, 5.41) is 0. The van der Waals surface area contributed by atoms with Crippen molar-refractivity contribution in [3.05, 3.63) is 34.8 Å². The molecule has 0 amide bonds. The number of allylic oxidation sites excluding steroid dienone is 4. The third-order valence-corrected chi connectivity index (χ3v) is 15.4. The van der Waals surface area contributed by atoms with Crippen molar-refractivity contribution >= 4 is 41.4 Å². The number of carbonyl (C=O) groups excluding carboxylic acids is 7. The van der Waals surface area contributed by atoms with Crippen molar-refractivity contribution in [3.63, 3.8) is 0 Å². The summed E-state index contributed by atoms with van der Waals surface area (Å²) in [6.07, 6.45) is -0.0567. The molecule has 322 valence electrons. The number of Topliss-reactive ketones (excluding diaryl/α,β-unsaturated/α-hetero) is 1. The molecule has 0 bridgehead atoms. The van der Waals surface area contributed by atoms with Gasteiger partial charge in [-0.3, -0.25) is 28.8 Å². The Bertz CT molecular complexity index is 1960. The summed E-state index contributed by atoms with van der Waals surface area (Å²) in [4.78, 5) is 96.6. The fourth-order valence-electron chi connectivity index (χ4n) is 12.5. The fourth-order valence-corrected chi connectivity index (χ4v) is 12.5. The molecule has 6 aliphatic rings. The van der Waals surface area contributed by atoms with E-state index >= 15 is 9.59 Å². The predicted octanol–water partition coefficient (Wildman–Crippen LogP) is 6.19. The lowest BCUT2D eigenvalue weighted by atomic mass is 9.34. The lowest BCUT2D eigenvalue weighted by Gasteiger charge is -2.69. The topological polar surface area (TPSA) is 179 Å². The second kappa shape index (κ2) is 15.0. The standard InChI is InChI=1S/C45H59NO13/c1-23(47)54-22-30-34(55-24(2)48)35(56-25(3)49)36(57-26(4)50)38(58-30)59-39(53)45-17-15-40(5,6)20-27(45)33-29(51)19-32-42(9)21-28(46-12)37(52)41(7,8)31(42)13-14-43(32,10)44(33,11)16-18-45/h19,21,27,30-31,33-36,38H,13-18,20,22H2,1-11H3/t27?,30-,31+,33?,34-,35+,36-,38?,42+,43-,44-,45+/m1/s1. The summed E-state index contributed by atoms with van der Waals surface area (Å²) in [7, 11) is 0. The van der Waals surface area contributed by atoms with Crippen LogP contribution in [0.25, 0.3) is 4.85 Å². The van der Waals surface area contributed by atoms with Crippen LogP contribution in [0, 0.1) is 56.8 Å². The molecule has 59 heavy (non-hydrogen) atoms. The van der Waals surface area contributed by atoms with Crippen LogP contribution in [-0.2, 0) is 62.0 Å². The van der Waals surface area contributed by atoms with E-state index in [0.29, 0.717) is 38.5 Å². The minimum absolute atomic E-state index is 0.0961. The fraction of sp³-hybridized carbons (Fsp3) is 0.733. The van der Waals surface area contributed by atoms with Crippen molar-refractivity contribution in [1.82, 2.24) is 0 Å². The van der Waals surface area contributed by atoms with E-state index in [1.54, 1.807) is 12.2 Å². The van der Waals surface area contributed by atoms with Crippen LogP contribution in [0.1, 0.15) is 121 Å². The van der Waals surface area contributed by atoms with E-state index in [1.165, 1.54) is 6.92 Å². The van der Waals surface area contributed by atoms with Gasteiger partial charge in [0.1, 0.15) is 12.7 Å². The van der Waals surface area contributed by atoms with Crippen LogP contribution in [0.5, 0.6) is 0 Å². The largest absolute Gasteiger partial charge is 0.463 e. The molecule has 0 radical (unpaired) electrons. The molecule has 0 N–H and O–H groups in total. The van der Waals surface area contributed by atoms with E-state index in [0.717, 1.165) is 32.8 Å². The molecule has 6 rings (SSSR count). The van der Waals surface area contributed by atoms with Crippen LogP contribution in [-0.4, -0.2) is 78.7 Å². The first-order valence-electron chi connectivity index (χ1n) is 20.7. The van der Waals surface area contributed by atoms with Crippen molar-refractivity contribution in [2.75, 3.05) is 6.61 Å². The monoisotopic (exact) mass is 821 g/mol. The van der Waals surface area contributed by atoms with Gasteiger partial charge in [0, 0.05) is 44.4 Å². The highest BCUT2D eigenvalue weighted by molar-refractivity contribution is 6.03. The van der Waals surface area contributed by atoms with Gasteiger partial charge in [0.25, 0.3) is 0 Å². The molecule has 3 unspecified atom stereocenters. The van der Waals surface area contributed by atoms with E-state index in [-0.39, 0.29) is 28.6 Å². The Hall–Kier alpha value is -4.38. The molecule has 0 aromatic carbocycles. The number of nitrogens with zero attached hydrogens (tertiary/aromatic N) is 1. The van der Waals surface area contributed by atoms with E-state index < -0.39 is 106 Å². The van der Waals surface area contributed by atoms with Gasteiger partial charge in [0.15, 0.2) is 23.8 Å². The molecule has 1 saturated heterocycles. The predicted molar refractivity (Wildman–Crippen MR) is 208 cm³/mol. The van der Waals surface area contributed by atoms with Crippen LogP contribution >= 0.6 is 0 Å². The summed E-state index contributed by atoms with van der Waals surface area (Å²) in [5.74, 6) is -5.22. The number of hydrogen-bond donors (Lipinski definition) is 0. The summed E-state index contributed by atoms with van der Waals surface area (Å²) in [5.41, 5.74) is -3.03. The molecular weight excluding hydrogens is 762 g/mol. The number of ketones is 2. The van der Waals surface area contributed by atoms with Gasteiger partial charge in [-0.15, -0.1) is 0 Å². The molecule has 3 saturated carbocycles. The molecule has 0 aromatic rings. The second-order valence-corrected chi connectivity index (χ2v) is 19.9. The van der Waals surface area contributed by atoms with E-state index in [1.807, 2.05) is 13.8 Å². The molecule has 14 heteroatoms. The van der Waals surface area contributed by atoms with Crippen LogP contribution in [0.4, 0.5) is 0 Å². The van der Waals surface area contributed by atoms with Gasteiger partial charge in [-0.1, -0.05) is 60.1 Å². The molecular formula is C45H59NO13. The zero-order chi connectivity index (χ0) is 43.8. The third-order valence-electron chi connectivity index (χ3n) is 15.4. The van der Waals surface area contributed by atoms with Crippen molar-refractivity contribution in [2.45, 2.75) is 152 Å². The Morgan fingerprint density at radius 1 is 0.780 bits per heavy atom. The van der Waals surface area contributed by atoms with E-state index in [4.69, 9.17) is 35.0 Å². The van der Waals surface area contributed by atoms with Gasteiger partial charge in [-0.25, -0.2) is 4.85 Å². The average molecular weight is 822 g/mol.